The third-order valence-corrected chi connectivity index (χ3v) is 3.61. The highest BCUT2D eigenvalue weighted by Gasteiger charge is 2.13. The van der Waals surface area contributed by atoms with Crippen molar-refractivity contribution in [2.45, 2.75) is 39.3 Å². The fourth-order valence-electron chi connectivity index (χ4n) is 2.34. The van der Waals surface area contributed by atoms with Crippen molar-refractivity contribution in [3.05, 3.63) is 47.0 Å². The van der Waals surface area contributed by atoms with Gasteiger partial charge >= 0.3 is 0 Å². The number of aromatic nitrogens is 2. The molecule has 4 nitrogen and oxygen atoms in total. The quantitative estimate of drug-likeness (QED) is 0.890. The van der Waals surface area contributed by atoms with Crippen molar-refractivity contribution in [1.82, 2.24) is 9.78 Å². The van der Waals surface area contributed by atoms with Gasteiger partial charge in [0, 0.05) is 11.7 Å². The summed E-state index contributed by atoms with van der Waals surface area (Å²) in [5, 5.41) is 4.54. The number of ether oxygens (including phenoxy) is 1. The summed E-state index contributed by atoms with van der Waals surface area (Å²) < 4.78 is 20.6. The second kappa shape index (κ2) is 6.72. The zero-order valence-corrected chi connectivity index (χ0v) is 12.8. The number of aryl methyl sites for hydroxylation is 2. The molecule has 0 radical (unpaired) electrons. The molecule has 0 aliphatic carbocycles. The van der Waals surface area contributed by atoms with E-state index in [0.29, 0.717) is 6.54 Å². The predicted molar refractivity (Wildman–Crippen MR) is 80.9 cm³/mol. The molecule has 21 heavy (non-hydrogen) atoms. The molecule has 0 aliphatic heterocycles. The van der Waals surface area contributed by atoms with Gasteiger partial charge in [0.1, 0.15) is 0 Å². The lowest BCUT2D eigenvalue weighted by molar-refractivity contribution is 0.385. The number of halogens is 1. The first kappa shape index (κ1) is 15.5. The molecule has 1 aromatic heterocycles. The van der Waals surface area contributed by atoms with Crippen molar-refractivity contribution in [2.24, 2.45) is 5.73 Å². The van der Waals surface area contributed by atoms with Crippen LogP contribution in [0.25, 0.3) is 0 Å². The fraction of sp³-hybridized carbons (Fsp3) is 0.438. The Hall–Kier alpha value is -1.88. The number of nitrogens with two attached hydrogens (primary N) is 1. The van der Waals surface area contributed by atoms with E-state index >= 15 is 0 Å². The second-order valence-corrected chi connectivity index (χ2v) is 5.02. The lowest BCUT2D eigenvalue weighted by Gasteiger charge is -2.15. The van der Waals surface area contributed by atoms with Crippen LogP contribution in [0.2, 0.25) is 0 Å². The van der Waals surface area contributed by atoms with Crippen molar-refractivity contribution < 1.29 is 9.13 Å². The van der Waals surface area contributed by atoms with Gasteiger partial charge in [0.2, 0.25) is 0 Å². The van der Waals surface area contributed by atoms with Gasteiger partial charge in [-0.3, -0.25) is 4.68 Å². The van der Waals surface area contributed by atoms with E-state index in [1.54, 1.807) is 12.1 Å². The van der Waals surface area contributed by atoms with Crippen molar-refractivity contribution in [3.8, 4) is 5.75 Å². The van der Waals surface area contributed by atoms with E-state index in [0.717, 1.165) is 29.8 Å². The highest BCUT2D eigenvalue weighted by molar-refractivity contribution is 5.31. The zero-order valence-electron chi connectivity index (χ0n) is 12.8. The number of rotatable bonds is 6. The summed E-state index contributed by atoms with van der Waals surface area (Å²) in [6.45, 7) is 4.70. The molecule has 1 unspecified atom stereocenters. The maximum absolute atomic E-state index is 13.8. The highest BCUT2D eigenvalue weighted by Crippen LogP contribution is 2.22. The molecule has 0 aliphatic rings. The lowest BCUT2D eigenvalue weighted by atomic mass is 10.1. The molecule has 2 aromatic rings. The van der Waals surface area contributed by atoms with Crippen LogP contribution in [0.5, 0.6) is 5.75 Å². The molecular formula is C16H22FN3O. The summed E-state index contributed by atoms with van der Waals surface area (Å²) in [6, 6.07) is 6.62. The number of methoxy groups -OCH3 is 1. The Kier molecular flexibility index (Phi) is 4.96. The summed E-state index contributed by atoms with van der Waals surface area (Å²) in [4.78, 5) is 0. The zero-order chi connectivity index (χ0) is 15.4. The minimum atomic E-state index is -0.393. The molecule has 0 saturated heterocycles. The molecule has 1 aromatic carbocycles. The molecule has 1 heterocycles. The Morgan fingerprint density at radius 1 is 1.29 bits per heavy atom. The van der Waals surface area contributed by atoms with Crippen molar-refractivity contribution >= 4 is 0 Å². The number of nitrogens with zero attached hydrogens (tertiary/aromatic N) is 2. The Balaban J connectivity index is 2.19. The van der Waals surface area contributed by atoms with E-state index in [-0.39, 0.29) is 11.8 Å². The smallest absolute Gasteiger partial charge is 0.165 e. The third kappa shape index (κ3) is 3.42. The van der Waals surface area contributed by atoms with Crippen LogP contribution in [-0.4, -0.2) is 16.9 Å². The van der Waals surface area contributed by atoms with Crippen molar-refractivity contribution in [2.75, 3.05) is 7.11 Å². The molecule has 2 rings (SSSR count). The molecule has 0 saturated carbocycles. The minimum Gasteiger partial charge on any atom is -0.494 e. The largest absolute Gasteiger partial charge is 0.494 e. The van der Waals surface area contributed by atoms with Crippen molar-refractivity contribution in [3.63, 3.8) is 0 Å². The fourth-order valence-corrected chi connectivity index (χ4v) is 2.34. The van der Waals surface area contributed by atoms with Crippen LogP contribution in [0.3, 0.4) is 0 Å². The molecule has 0 bridgehead atoms. The van der Waals surface area contributed by atoms with Gasteiger partial charge in [-0.1, -0.05) is 19.9 Å². The van der Waals surface area contributed by atoms with Gasteiger partial charge < -0.3 is 10.5 Å². The van der Waals surface area contributed by atoms with Gasteiger partial charge in [-0.2, -0.15) is 5.10 Å². The third-order valence-electron chi connectivity index (χ3n) is 3.61. The van der Waals surface area contributed by atoms with E-state index < -0.39 is 5.82 Å². The molecule has 5 heteroatoms. The second-order valence-electron chi connectivity index (χ2n) is 5.02. The van der Waals surface area contributed by atoms with E-state index in [1.165, 1.54) is 13.2 Å². The minimum absolute atomic E-state index is 0.229. The van der Waals surface area contributed by atoms with Crippen LogP contribution >= 0.6 is 0 Å². The topological polar surface area (TPSA) is 53.1 Å². The van der Waals surface area contributed by atoms with Gasteiger partial charge in [-0.05, 0) is 36.6 Å². The van der Waals surface area contributed by atoms with Crippen LogP contribution in [0.15, 0.2) is 24.3 Å². The Morgan fingerprint density at radius 3 is 2.62 bits per heavy atom. The molecular weight excluding hydrogens is 269 g/mol. The molecule has 0 amide bonds. The van der Waals surface area contributed by atoms with E-state index in [1.807, 2.05) is 4.68 Å². The van der Waals surface area contributed by atoms with Gasteiger partial charge in [0.15, 0.2) is 11.6 Å². The maximum atomic E-state index is 13.8. The van der Waals surface area contributed by atoms with Crippen LogP contribution in [0, 0.1) is 5.82 Å². The Labute approximate surface area is 124 Å². The average Bonchev–Trinajstić information content (AvgIpc) is 2.89. The number of hydrogen-bond donors (Lipinski definition) is 1. The van der Waals surface area contributed by atoms with E-state index in [2.05, 4.69) is 25.0 Å². The molecule has 114 valence electrons. The summed E-state index contributed by atoms with van der Waals surface area (Å²) in [6.07, 6.45) is 1.79. The summed E-state index contributed by atoms with van der Waals surface area (Å²) >= 11 is 0. The predicted octanol–water partition coefficient (Wildman–Crippen LogP) is 2.86. The number of hydrogen-bond acceptors (Lipinski definition) is 3. The average molecular weight is 291 g/mol. The van der Waals surface area contributed by atoms with Crippen molar-refractivity contribution in [1.29, 1.82) is 0 Å². The van der Waals surface area contributed by atoms with Gasteiger partial charge in [0.05, 0.1) is 19.3 Å². The van der Waals surface area contributed by atoms with Gasteiger partial charge in [0.25, 0.3) is 0 Å². The highest BCUT2D eigenvalue weighted by atomic mass is 19.1. The van der Waals surface area contributed by atoms with Crippen LogP contribution in [0.4, 0.5) is 4.39 Å². The van der Waals surface area contributed by atoms with Crippen LogP contribution < -0.4 is 10.5 Å². The first-order valence-electron chi connectivity index (χ1n) is 7.23. The molecule has 1 atom stereocenters. The van der Waals surface area contributed by atoms with E-state index in [4.69, 9.17) is 10.5 Å². The summed E-state index contributed by atoms with van der Waals surface area (Å²) in [7, 11) is 1.45. The summed E-state index contributed by atoms with van der Waals surface area (Å²) in [5.74, 6) is -0.163. The molecule has 0 fully saturated rings. The van der Waals surface area contributed by atoms with E-state index in [9.17, 15) is 4.39 Å². The Bertz CT molecular complexity index is 610. The van der Waals surface area contributed by atoms with Gasteiger partial charge in [-0.15, -0.1) is 0 Å². The van der Waals surface area contributed by atoms with Crippen LogP contribution in [-0.2, 0) is 19.4 Å². The standard InChI is InChI=1S/C16H22FN3O/c1-4-12-9-13(5-2)20(19-12)10-15(18)11-6-7-16(21-3)14(17)8-11/h6-9,15H,4-5,10,18H2,1-3H3. The number of benzene rings is 1. The lowest BCUT2D eigenvalue weighted by Crippen LogP contribution is -2.20. The first-order chi connectivity index (χ1) is 10.1. The van der Waals surface area contributed by atoms with Gasteiger partial charge in [-0.25, -0.2) is 4.39 Å². The monoisotopic (exact) mass is 291 g/mol. The SMILES string of the molecule is CCc1cc(CC)n(CC(N)c2ccc(OC)c(F)c2)n1. The summed E-state index contributed by atoms with van der Waals surface area (Å²) in [5.41, 5.74) is 9.14. The molecule has 0 spiro atoms. The normalized spacial score (nSPS) is 12.4. The Morgan fingerprint density at radius 2 is 2.05 bits per heavy atom. The van der Waals surface area contributed by atoms with Crippen LogP contribution in [0.1, 0.15) is 36.8 Å². The maximum Gasteiger partial charge on any atom is 0.165 e. The molecule has 2 N–H and O–H groups in total. The first-order valence-corrected chi connectivity index (χ1v) is 7.23.